The maximum Gasteiger partial charge on any atom is 0.300 e. The summed E-state index contributed by atoms with van der Waals surface area (Å²) in [6, 6.07) is 17.8. The Morgan fingerprint density at radius 3 is 2.14 bits per heavy atom. The van der Waals surface area contributed by atoms with Crippen molar-refractivity contribution in [3.05, 3.63) is 99.6 Å². The van der Waals surface area contributed by atoms with Crippen LogP contribution in [0.25, 0.3) is 5.76 Å². The highest BCUT2D eigenvalue weighted by Crippen LogP contribution is 2.42. The fourth-order valence-corrected chi connectivity index (χ4v) is 4.02. The minimum Gasteiger partial charge on any atom is -0.507 e. The van der Waals surface area contributed by atoms with E-state index >= 15 is 0 Å². The summed E-state index contributed by atoms with van der Waals surface area (Å²) < 4.78 is 10.8. The van der Waals surface area contributed by atoms with Crippen LogP contribution in [-0.2, 0) is 9.59 Å². The minimum absolute atomic E-state index is 0.119. The van der Waals surface area contributed by atoms with Gasteiger partial charge in [0.25, 0.3) is 17.4 Å². The van der Waals surface area contributed by atoms with Crippen molar-refractivity contribution in [2.45, 2.75) is 19.4 Å². The molecule has 0 bridgehead atoms. The van der Waals surface area contributed by atoms with Gasteiger partial charge in [0.1, 0.15) is 17.3 Å². The molecule has 3 aromatic carbocycles. The summed E-state index contributed by atoms with van der Waals surface area (Å²) >= 11 is 0. The van der Waals surface area contributed by atoms with E-state index in [1.165, 1.54) is 36.3 Å². The first-order valence-electron chi connectivity index (χ1n) is 11.3. The van der Waals surface area contributed by atoms with Crippen molar-refractivity contribution in [2.75, 3.05) is 18.6 Å². The molecule has 0 saturated carbocycles. The summed E-state index contributed by atoms with van der Waals surface area (Å²) in [5, 5.41) is 22.2. The lowest BCUT2D eigenvalue weighted by molar-refractivity contribution is -0.384. The predicted octanol–water partition coefficient (Wildman–Crippen LogP) is 5.02. The van der Waals surface area contributed by atoms with Crippen molar-refractivity contribution in [1.82, 2.24) is 0 Å². The highest BCUT2D eigenvalue weighted by molar-refractivity contribution is 6.51. The van der Waals surface area contributed by atoms with Crippen molar-refractivity contribution < 1.29 is 29.1 Å². The van der Waals surface area contributed by atoms with Gasteiger partial charge in [-0.25, -0.2) is 0 Å². The highest BCUT2D eigenvalue weighted by Gasteiger charge is 2.47. The first kappa shape index (κ1) is 24.5. The number of methoxy groups -OCH3 is 1. The number of hydrogen-bond acceptors (Lipinski definition) is 7. The van der Waals surface area contributed by atoms with E-state index in [9.17, 15) is 24.8 Å². The van der Waals surface area contributed by atoms with Crippen LogP contribution in [0.5, 0.6) is 11.5 Å². The second kappa shape index (κ2) is 10.3. The summed E-state index contributed by atoms with van der Waals surface area (Å²) in [4.78, 5) is 38.2. The number of ether oxygens (including phenoxy) is 2. The summed E-state index contributed by atoms with van der Waals surface area (Å²) in [6.45, 7) is 2.54. The van der Waals surface area contributed by atoms with Crippen molar-refractivity contribution >= 4 is 28.8 Å². The van der Waals surface area contributed by atoms with Crippen LogP contribution < -0.4 is 14.4 Å². The number of rotatable bonds is 8. The minimum atomic E-state index is -0.936. The number of nitrogens with zero attached hydrogens (tertiary/aromatic N) is 2. The average molecular weight is 488 g/mol. The van der Waals surface area contributed by atoms with E-state index < -0.39 is 28.4 Å². The number of amides is 1. The zero-order valence-corrected chi connectivity index (χ0v) is 19.7. The monoisotopic (exact) mass is 488 g/mol. The zero-order chi connectivity index (χ0) is 25.8. The SMILES string of the molecule is CCCOc1ccc(C2/C(=C(/O)c3ccc([N+](=O)[O-])cc3)C(=O)C(=O)N2c2ccc(OC)cc2)cc1. The number of aliphatic hydroxyl groups excluding tert-OH is 1. The van der Waals surface area contributed by atoms with Crippen LogP contribution in [0.3, 0.4) is 0 Å². The van der Waals surface area contributed by atoms with Gasteiger partial charge in [-0.2, -0.15) is 0 Å². The third-order valence-electron chi connectivity index (χ3n) is 5.82. The van der Waals surface area contributed by atoms with Crippen LogP contribution in [0, 0.1) is 10.1 Å². The first-order valence-corrected chi connectivity index (χ1v) is 11.3. The molecule has 1 unspecified atom stereocenters. The number of anilines is 1. The Bertz CT molecular complexity index is 1310. The Balaban J connectivity index is 1.84. The van der Waals surface area contributed by atoms with E-state index in [1.54, 1.807) is 48.5 Å². The Hall–Kier alpha value is -4.66. The van der Waals surface area contributed by atoms with E-state index in [0.717, 1.165) is 6.42 Å². The van der Waals surface area contributed by atoms with Gasteiger partial charge in [-0.05, 0) is 60.5 Å². The smallest absolute Gasteiger partial charge is 0.300 e. The van der Waals surface area contributed by atoms with Crippen LogP contribution in [0.4, 0.5) is 11.4 Å². The Labute approximate surface area is 207 Å². The molecule has 3 aromatic rings. The summed E-state index contributed by atoms with van der Waals surface area (Å²) in [5.41, 5.74) is 0.923. The molecule has 1 N–H and O–H groups in total. The Kier molecular flexibility index (Phi) is 7.00. The van der Waals surface area contributed by atoms with Crippen molar-refractivity contribution in [3.8, 4) is 11.5 Å². The Morgan fingerprint density at radius 1 is 0.972 bits per heavy atom. The zero-order valence-electron chi connectivity index (χ0n) is 19.7. The molecule has 1 amide bonds. The molecule has 9 heteroatoms. The molecule has 36 heavy (non-hydrogen) atoms. The summed E-state index contributed by atoms with van der Waals surface area (Å²) in [7, 11) is 1.52. The number of nitro groups is 1. The fraction of sp³-hybridized carbons (Fsp3) is 0.185. The van der Waals surface area contributed by atoms with Gasteiger partial charge in [0.2, 0.25) is 0 Å². The lowest BCUT2D eigenvalue weighted by atomic mass is 9.95. The van der Waals surface area contributed by atoms with Gasteiger partial charge in [0.05, 0.1) is 30.3 Å². The molecular formula is C27H24N2O7. The van der Waals surface area contributed by atoms with Crippen molar-refractivity contribution in [2.24, 2.45) is 0 Å². The summed E-state index contributed by atoms with van der Waals surface area (Å²) in [6.07, 6.45) is 0.842. The first-order chi connectivity index (χ1) is 17.3. The van der Waals surface area contributed by atoms with Gasteiger partial charge in [-0.3, -0.25) is 24.6 Å². The molecule has 1 fully saturated rings. The number of aliphatic hydroxyl groups is 1. The lowest BCUT2D eigenvalue weighted by Gasteiger charge is -2.25. The topological polar surface area (TPSA) is 119 Å². The molecular weight excluding hydrogens is 464 g/mol. The maximum absolute atomic E-state index is 13.2. The molecule has 1 heterocycles. The molecule has 0 aliphatic carbocycles. The quantitative estimate of drug-likeness (QED) is 0.155. The van der Waals surface area contributed by atoms with E-state index in [2.05, 4.69) is 0 Å². The Morgan fingerprint density at radius 2 is 1.58 bits per heavy atom. The molecule has 0 spiro atoms. The van der Waals surface area contributed by atoms with Crippen molar-refractivity contribution in [3.63, 3.8) is 0 Å². The molecule has 9 nitrogen and oxygen atoms in total. The molecule has 0 aromatic heterocycles. The lowest BCUT2D eigenvalue weighted by Crippen LogP contribution is -2.29. The highest BCUT2D eigenvalue weighted by atomic mass is 16.6. The predicted molar refractivity (Wildman–Crippen MR) is 133 cm³/mol. The van der Waals surface area contributed by atoms with Gasteiger partial charge in [-0.1, -0.05) is 19.1 Å². The van der Waals surface area contributed by atoms with Gasteiger partial charge in [0, 0.05) is 23.4 Å². The van der Waals surface area contributed by atoms with Gasteiger partial charge >= 0.3 is 0 Å². The molecule has 1 atom stereocenters. The number of Topliss-reactive ketones (excluding diaryl/α,β-unsaturated/α-hetero) is 1. The third-order valence-corrected chi connectivity index (χ3v) is 5.82. The molecule has 1 aliphatic rings. The van der Waals surface area contributed by atoms with E-state index in [1.807, 2.05) is 6.92 Å². The van der Waals surface area contributed by atoms with Gasteiger partial charge < -0.3 is 14.6 Å². The number of carbonyl (C=O) groups excluding carboxylic acids is 2. The van der Waals surface area contributed by atoms with Crippen LogP contribution in [0.15, 0.2) is 78.4 Å². The molecule has 1 saturated heterocycles. The van der Waals surface area contributed by atoms with Gasteiger partial charge in [0.15, 0.2) is 0 Å². The summed E-state index contributed by atoms with van der Waals surface area (Å²) in [5.74, 6) is -0.874. The standard InChI is InChI=1S/C27H24N2O7/c1-3-16-36-22-12-6-17(7-13-22)24-23(25(30)18-4-8-20(9-5-18)29(33)34)26(31)27(32)28(24)19-10-14-21(35-2)15-11-19/h4-15,24,30H,3,16H2,1-2H3/b25-23-. The van der Waals surface area contributed by atoms with Crippen LogP contribution in [0.1, 0.15) is 30.5 Å². The third kappa shape index (κ3) is 4.63. The van der Waals surface area contributed by atoms with Crippen molar-refractivity contribution in [1.29, 1.82) is 0 Å². The number of non-ortho nitro benzene ring substituents is 1. The van der Waals surface area contributed by atoms with Crippen LogP contribution >= 0.6 is 0 Å². The number of nitro benzene ring substituents is 1. The number of ketones is 1. The molecule has 184 valence electrons. The molecule has 4 rings (SSSR count). The molecule has 0 radical (unpaired) electrons. The average Bonchev–Trinajstić information content (AvgIpc) is 3.17. The van der Waals surface area contributed by atoms with Crippen LogP contribution in [0.2, 0.25) is 0 Å². The fourth-order valence-electron chi connectivity index (χ4n) is 4.02. The second-order valence-electron chi connectivity index (χ2n) is 8.09. The van der Waals surface area contributed by atoms with Crippen LogP contribution in [-0.4, -0.2) is 35.4 Å². The largest absolute Gasteiger partial charge is 0.507 e. The second-order valence-corrected chi connectivity index (χ2v) is 8.09. The van der Waals surface area contributed by atoms with Gasteiger partial charge in [-0.15, -0.1) is 0 Å². The number of carbonyl (C=O) groups is 2. The number of benzene rings is 3. The maximum atomic E-state index is 13.2. The number of hydrogen-bond donors (Lipinski definition) is 1. The van der Waals surface area contributed by atoms with E-state index in [-0.39, 0.29) is 16.8 Å². The van der Waals surface area contributed by atoms with E-state index in [4.69, 9.17) is 9.47 Å². The van der Waals surface area contributed by atoms with E-state index in [0.29, 0.717) is 29.4 Å². The molecule has 1 aliphatic heterocycles. The normalized spacial score (nSPS) is 16.7.